The molecule has 1 fully saturated rings. The molecule has 11 nitrogen and oxygen atoms in total. The van der Waals surface area contributed by atoms with Crippen LogP contribution in [-0.2, 0) is 39.9 Å². The molecular formula is C50H85N3O8. The van der Waals surface area contributed by atoms with Gasteiger partial charge in [0.05, 0.1) is 42.7 Å². The van der Waals surface area contributed by atoms with E-state index >= 15 is 0 Å². The number of benzene rings is 1. The molecule has 1 N–H and O–H groups in total. The molecule has 1 heterocycles. The molecule has 1 aliphatic heterocycles. The summed E-state index contributed by atoms with van der Waals surface area (Å²) in [5, 5.41) is 10.00. The lowest BCUT2D eigenvalue weighted by Crippen LogP contribution is -2.54. The number of amides is 2. The molecule has 1 aromatic rings. The van der Waals surface area contributed by atoms with Crippen LogP contribution in [0.3, 0.4) is 0 Å². The van der Waals surface area contributed by atoms with E-state index < -0.39 is 42.0 Å². The summed E-state index contributed by atoms with van der Waals surface area (Å²) < 4.78 is 12.1. The zero-order chi connectivity index (χ0) is 46.4. The number of Topliss-reactive ketones (excluding diaryl/α,β-unsaturated/α-hetero) is 2. The van der Waals surface area contributed by atoms with Gasteiger partial charge in [0.1, 0.15) is 5.78 Å². The number of rotatable bonds is 27. The van der Waals surface area contributed by atoms with Gasteiger partial charge in [-0.2, -0.15) is 0 Å². The molecule has 10 atom stereocenters. The van der Waals surface area contributed by atoms with Crippen molar-refractivity contribution in [2.24, 2.45) is 46.8 Å². The van der Waals surface area contributed by atoms with E-state index in [0.29, 0.717) is 18.9 Å². The van der Waals surface area contributed by atoms with Crippen molar-refractivity contribution in [1.82, 2.24) is 14.7 Å². The minimum atomic E-state index is -1.02. The predicted octanol–water partition coefficient (Wildman–Crippen LogP) is 8.46. The maximum atomic E-state index is 14.6. The smallest absolute Gasteiger partial charge is 0.307 e. The highest BCUT2D eigenvalue weighted by Gasteiger charge is 2.43. The topological polar surface area (TPSA) is 134 Å². The number of likely N-dealkylation sites (tertiary alicyclic amines) is 1. The molecule has 0 saturated carbocycles. The number of carboxylic acid groups (broad SMARTS) is 1. The number of carbonyl (C=O) groups excluding carboxylic acids is 4. The molecule has 0 aromatic heterocycles. The number of ether oxygens (including phenoxy) is 2. The molecule has 0 spiro atoms. The first-order chi connectivity index (χ1) is 28.5. The Morgan fingerprint density at radius 2 is 1.49 bits per heavy atom. The van der Waals surface area contributed by atoms with Crippen LogP contribution in [0.2, 0.25) is 0 Å². The van der Waals surface area contributed by atoms with E-state index in [4.69, 9.17) is 9.47 Å². The van der Waals surface area contributed by atoms with E-state index in [2.05, 4.69) is 60.3 Å². The van der Waals surface area contributed by atoms with Gasteiger partial charge in [0.15, 0.2) is 5.78 Å². The standard InChI is InChI=1S/C50H85N3O8/c1-16-35(7)46(52(13)48(57)39(32(2)3)29-42(55)45(33(4)5)51(12)26-24-34(6)31-50(9,10)11)43(60-14)30-44(56)53-25-20-23-40(53)47(61-15)36(8)41(54)28-38(49(58)59)27-37-21-18-17-19-22-37/h17-19,21-22,32-36,38-40,43,45-47H,16,20,23-31H2,1-15H3,(H,58,59)/t34?,35-,36-,38+,39-,40-,43+,45-,46-,47+/m0/s1. The van der Waals surface area contributed by atoms with Crippen LogP contribution >= 0.6 is 0 Å². The second-order valence-corrected chi connectivity index (χ2v) is 20.3. The quantitative estimate of drug-likeness (QED) is 0.0926. The number of hydrogen-bond donors (Lipinski definition) is 1. The largest absolute Gasteiger partial charge is 0.481 e. The lowest BCUT2D eigenvalue weighted by Gasteiger charge is -2.41. The maximum Gasteiger partial charge on any atom is 0.307 e. The number of nitrogens with zero attached hydrogens (tertiary/aromatic N) is 3. The van der Waals surface area contributed by atoms with Crippen LogP contribution in [0, 0.1) is 46.8 Å². The van der Waals surface area contributed by atoms with E-state index in [1.165, 1.54) is 7.11 Å². The van der Waals surface area contributed by atoms with Gasteiger partial charge in [-0.3, -0.25) is 28.9 Å². The van der Waals surface area contributed by atoms with Crippen LogP contribution in [0.15, 0.2) is 30.3 Å². The molecule has 11 heteroatoms. The molecule has 61 heavy (non-hydrogen) atoms. The summed E-state index contributed by atoms with van der Waals surface area (Å²) in [5.41, 5.74) is 1.10. The Morgan fingerprint density at radius 1 is 0.869 bits per heavy atom. The highest BCUT2D eigenvalue weighted by Crippen LogP contribution is 2.32. The Hall–Kier alpha value is -3.15. The highest BCUT2D eigenvalue weighted by atomic mass is 16.5. The van der Waals surface area contributed by atoms with Gasteiger partial charge in [0.2, 0.25) is 11.8 Å². The van der Waals surface area contributed by atoms with Crippen LogP contribution in [0.5, 0.6) is 0 Å². The fraction of sp³-hybridized carbons (Fsp3) is 0.780. The molecular weight excluding hydrogens is 771 g/mol. The molecule has 0 radical (unpaired) electrons. The normalized spacial score (nSPS) is 19.2. The van der Waals surface area contributed by atoms with E-state index in [9.17, 15) is 29.1 Å². The fourth-order valence-corrected chi connectivity index (χ4v) is 9.96. The second-order valence-electron chi connectivity index (χ2n) is 20.3. The Labute approximate surface area is 370 Å². The Bertz CT molecular complexity index is 1530. The summed E-state index contributed by atoms with van der Waals surface area (Å²) in [5.74, 6) is -2.96. The first-order valence-electron chi connectivity index (χ1n) is 23.1. The first-order valence-corrected chi connectivity index (χ1v) is 23.1. The zero-order valence-electron chi connectivity index (χ0n) is 40.7. The van der Waals surface area contributed by atoms with Crippen molar-refractivity contribution in [2.45, 2.75) is 164 Å². The van der Waals surface area contributed by atoms with Crippen LogP contribution in [0.1, 0.15) is 133 Å². The van der Waals surface area contributed by atoms with Crippen molar-refractivity contribution in [3.63, 3.8) is 0 Å². The van der Waals surface area contributed by atoms with Gasteiger partial charge in [-0.05, 0) is 80.3 Å². The molecule has 1 unspecified atom stereocenters. The van der Waals surface area contributed by atoms with Crippen molar-refractivity contribution >= 4 is 29.4 Å². The van der Waals surface area contributed by atoms with Gasteiger partial charge in [-0.15, -0.1) is 0 Å². The van der Waals surface area contributed by atoms with Crippen LogP contribution in [-0.4, -0.2) is 121 Å². The molecule has 2 amide bonds. The average molecular weight is 856 g/mol. The van der Waals surface area contributed by atoms with E-state index in [0.717, 1.165) is 37.8 Å². The van der Waals surface area contributed by atoms with Crippen LogP contribution in [0.25, 0.3) is 0 Å². The number of likely N-dealkylation sites (N-methyl/N-ethyl adjacent to an activating group) is 2. The van der Waals surface area contributed by atoms with Gasteiger partial charge in [-0.1, -0.05) is 113 Å². The molecule has 1 saturated heterocycles. The van der Waals surface area contributed by atoms with Crippen LogP contribution in [0.4, 0.5) is 0 Å². The third-order valence-corrected chi connectivity index (χ3v) is 13.4. The highest BCUT2D eigenvalue weighted by molar-refractivity contribution is 5.90. The number of carbonyl (C=O) groups is 5. The van der Waals surface area contributed by atoms with Crippen molar-refractivity contribution in [2.75, 3.05) is 41.4 Å². The van der Waals surface area contributed by atoms with Crippen LogP contribution < -0.4 is 0 Å². The summed E-state index contributed by atoms with van der Waals surface area (Å²) in [6.45, 7) is 24.4. The SMILES string of the molecule is CC[C@H](C)[C@@H]([C@@H](CC(=O)N1CCC[C@H]1[C@H](OC)[C@@H](C)C(=O)C[C@@H](Cc1ccccc1)C(=O)O)OC)N(C)C(=O)[C@@H](CC(=O)[C@H](C(C)C)N(C)CCC(C)CC(C)(C)C)C(C)C. The average Bonchev–Trinajstić information content (AvgIpc) is 3.67. The van der Waals surface area contributed by atoms with Crippen molar-refractivity contribution in [3.8, 4) is 0 Å². The molecule has 1 aromatic carbocycles. The molecule has 0 aliphatic carbocycles. The fourth-order valence-electron chi connectivity index (χ4n) is 9.96. The zero-order valence-corrected chi connectivity index (χ0v) is 40.7. The summed E-state index contributed by atoms with van der Waals surface area (Å²) in [4.78, 5) is 74.8. The minimum Gasteiger partial charge on any atom is -0.481 e. The van der Waals surface area contributed by atoms with Crippen molar-refractivity contribution < 1.29 is 38.6 Å². The number of carboxylic acids is 1. The Morgan fingerprint density at radius 3 is 2.00 bits per heavy atom. The number of methoxy groups -OCH3 is 2. The molecule has 1 aliphatic rings. The Kier molecular flexibility index (Phi) is 22.3. The van der Waals surface area contributed by atoms with Crippen molar-refractivity contribution in [3.05, 3.63) is 35.9 Å². The van der Waals surface area contributed by atoms with Gasteiger partial charge in [0.25, 0.3) is 0 Å². The molecule has 2 rings (SSSR count). The van der Waals surface area contributed by atoms with Crippen molar-refractivity contribution in [1.29, 1.82) is 0 Å². The number of aliphatic carboxylic acids is 1. The van der Waals surface area contributed by atoms with Gasteiger partial charge >= 0.3 is 5.97 Å². The maximum absolute atomic E-state index is 14.6. The van der Waals surface area contributed by atoms with Gasteiger partial charge in [0, 0.05) is 52.5 Å². The number of hydrogen-bond acceptors (Lipinski definition) is 8. The van der Waals surface area contributed by atoms with Gasteiger partial charge in [-0.25, -0.2) is 0 Å². The first kappa shape index (κ1) is 54.0. The third kappa shape index (κ3) is 16.2. The lowest BCUT2D eigenvalue weighted by atomic mass is 9.83. The van der Waals surface area contributed by atoms with E-state index in [-0.39, 0.29) is 84.3 Å². The van der Waals surface area contributed by atoms with E-state index in [1.807, 2.05) is 51.2 Å². The predicted molar refractivity (Wildman–Crippen MR) is 244 cm³/mol. The Balaban J connectivity index is 2.26. The van der Waals surface area contributed by atoms with E-state index in [1.54, 1.807) is 30.9 Å². The molecule has 0 bridgehead atoms. The summed E-state index contributed by atoms with van der Waals surface area (Å²) in [6, 6.07) is 8.18. The minimum absolute atomic E-state index is 0.0170. The summed E-state index contributed by atoms with van der Waals surface area (Å²) in [6.07, 6.45) is 3.26. The third-order valence-electron chi connectivity index (χ3n) is 13.4. The second kappa shape index (κ2) is 25.2. The summed E-state index contributed by atoms with van der Waals surface area (Å²) in [7, 11) is 6.93. The number of ketones is 2. The van der Waals surface area contributed by atoms with Gasteiger partial charge < -0.3 is 24.4 Å². The monoisotopic (exact) mass is 856 g/mol. The molecule has 348 valence electrons. The lowest BCUT2D eigenvalue weighted by molar-refractivity contribution is -0.149. The summed E-state index contributed by atoms with van der Waals surface area (Å²) >= 11 is 0.